The van der Waals surface area contributed by atoms with Crippen LogP contribution in [-0.4, -0.2) is 40.5 Å². The van der Waals surface area contributed by atoms with Gasteiger partial charge in [0.25, 0.3) is 0 Å². The maximum Gasteiger partial charge on any atom is 0.138 e. The molecule has 2 heterocycles. The molecule has 0 aromatic carbocycles. The van der Waals surface area contributed by atoms with Gasteiger partial charge in [-0.2, -0.15) is 0 Å². The first kappa shape index (κ1) is 15.0. The van der Waals surface area contributed by atoms with Crippen molar-refractivity contribution in [3.8, 4) is 0 Å². The van der Waals surface area contributed by atoms with Crippen molar-refractivity contribution in [2.24, 2.45) is 0 Å². The van der Waals surface area contributed by atoms with Crippen molar-refractivity contribution < 1.29 is 0 Å². The lowest BCUT2D eigenvalue weighted by atomic mass is 9.96. The summed E-state index contributed by atoms with van der Waals surface area (Å²) in [4.78, 5) is 11.4. The van der Waals surface area contributed by atoms with Crippen LogP contribution in [0.15, 0.2) is 6.07 Å². The molecule has 2 rings (SSSR count). The molecule has 5 nitrogen and oxygen atoms in total. The minimum Gasteiger partial charge on any atom is -0.384 e. The van der Waals surface area contributed by atoms with E-state index in [0.717, 1.165) is 24.7 Å². The van der Waals surface area contributed by atoms with Gasteiger partial charge < -0.3 is 16.0 Å². The van der Waals surface area contributed by atoms with E-state index in [2.05, 4.69) is 47.9 Å². The highest BCUT2D eigenvalue weighted by Crippen LogP contribution is 2.22. The Balaban J connectivity index is 2.11. The summed E-state index contributed by atoms with van der Waals surface area (Å²) in [5.74, 6) is 2.18. The molecule has 1 aliphatic rings. The van der Waals surface area contributed by atoms with Crippen LogP contribution in [0.3, 0.4) is 0 Å². The van der Waals surface area contributed by atoms with E-state index >= 15 is 0 Å². The molecule has 112 valence electrons. The summed E-state index contributed by atoms with van der Waals surface area (Å²) in [5, 5.41) is 3.53. The quantitative estimate of drug-likeness (QED) is 0.887. The van der Waals surface area contributed by atoms with Crippen molar-refractivity contribution in [3.05, 3.63) is 11.9 Å². The fourth-order valence-corrected chi connectivity index (χ4v) is 2.55. The largest absolute Gasteiger partial charge is 0.384 e. The minimum atomic E-state index is -0.0895. The summed E-state index contributed by atoms with van der Waals surface area (Å²) in [6, 6.07) is 2.28. The van der Waals surface area contributed by atoms with Gasteiger partial charge in [0.1, 0.15) is 17.5 Å². The lowest BCUT2D eigenvalue weighted by molar-refractivity contribution is 0.226. The zero-order chi connectivity index (χ0) is 14.8. The molecule has 20 heavy (non-hydrogen) atoms. The predicted molar refractivity (Wildman–Crippen MR) is 83.9 cm³/mol. The number of rotatable bonds is 3. The summed E-state index contributed by atoms with van der Waals surface area (Å²) in [6.07, 6.45) is 2.42. The number of nitrogens with one attached hydrogen (secondary N) is 1. The lowest BCUT2D eigenvalue weighted by Gasteiger charge is -2.32. The average molecular weight is 277 g/mol. The highest BCUT2D eigenvalue weighted by Gasteiger charge is 2.21. The number of likely N-dealkylation sites (tertiary alicyclic amines) is 1. The Morgan fingerprint density at radius 1 is 1.40 bits per heavy atom. The Morgan fingerprint density at radius 3 is 2.80 bits per heavy atom. The first-order valence-electron chi connectivity index (χ1n) is 7.52. The van der Waals surface area contributed by atoms with Crippen LogP contribution >= 0.6 is 0 Å². The second-order valence-corrected chi connectivity index (χ2v) is 6.63. The molecule has 0 aliphatic carbocycles. The Bertz CT molecular complexity index is 452. The number of hydrogen-bond donors (Lipinski definition) is 2. The van der Waals surface area contributed by atoms with E-state index in [-0.39, 0.29) is 5.41 Å². The van der Waals surface area contributed by atoms with Crippen LogP contribution in [0.4, 0.5) is 11.6 Å². The van der Waals surface area contributed by atoms with Crippen LogP contribution < -0.4 is 11.1 Å². The second kappa shape index (κ2) is 5.95. The zero-order valence-electron chi connectivity index (χ0n) is 13.1. The maximum absolute atomic E-state index is 5.91. The maximum atomic E-state index is 5.91. The molecule has 1 unspecified atom stereocenters. The molecule has 3 N–H and O–H groups in total. The summed E-state index contributed by atoms with van der Waals surface area (Å²) in [6.45, 7) is 11.9. The number of aromatic nitrogens is 2. The van der Waals surface area contributed by atoms with Crippen LogP contribution in [0.5, 0.6) is 0 Å². The van der Waals surface area contributed by atoms with Gasteiger partial charge in [-0.3, -0.25) is 0 Å². The van der Waals surface area contributed by atoms with Crippen LogP contribution in [0.1, 0.15) is 46.4 Å². The van der Waals surface area contributed by atoms with Crippen molar-refractivity contribution in [3.63, 3.8) is 0 Å². The molecule has 1 atom stereocenters. The molecule has 0 radical (unpaired) electrons. The monoisotopic (exact) mass is 277 g/mol. The Hall–Kier alpha value is -1.36. The first-order chi connectivity index (χ1) is 9.38. The number of nitrogens with zero attached hydrogens (tertiary/aromatic N) is 3. The fourth-order valence-electron chi connectivity index (χ4n) is 2.55. The molecule has 5 heteroatoms. The summed E-state index contributed by atoms with van der Waals surface area (Å²) >= 11 is 0. The third kappa shape index (κ3) is 3.82. The lowest BCUT2D eigenvalue weighted by Crippen LogP contribution is -2.42. The van der Waals surface area contributed by atoms with Crippen LogP contribution in [0, 0.1) is 0 Å². The summed E-state index contributed by atoms with van der Waals surface area (Å²) in [7, 11) is 0. The Kier molecular flexibility index (Phi) is 4.48. The van der Waals surface area contributed by atoms with Crippen molar-refractivity contribution >= 4 is 11.6 Å². The predicted octanol–water partition coefficient (Wildman–Crippen LogP) is 2.25. The van der Waals surface area contributed by atoms with Gasteiger partial charge in [-0.25, -0.2) is 9.97 Å². The van der Waals surface area contributed by atoms with Crippen LogP contribution in [0.2, 0.25) is 0 Å². The number of hydrogen-bond acceptors (Lipinski definition) is 5. The van der Waals surface area contributed by atoms with E-state index in [1.807, 2.05) is 6.07 Å². The minimum absolute atomic E-state index is 0.0895. The van der Waals surface area contributed by atoms with Gasteiger partial charge in [0.05, 0.1) is 0 Å². The number of nitrogen functional groups attached to an aromatic ring is 1. The molecule has 1 aromatic rings. The number of anilines is 2. The molecule has 1 saturated heterocycles. The van der Waals surface area contributed by atoms with Gasteiger partial charge in [-0.1, -0.05) is 27.7 Å². The third-order valence-corrected chi connectivity index (χ3v) is 3.72. The van der Waals surface area contributed by atoms with Gasteiger partial charge in [0, 0.05) is 24.1 Å². The molecular formula is C15H27N5. The van der Waals surface area contributed by atoms with Crippen molar-refractivity contribution in [1.29, 1.82) is 0 Å². The zero-order valence-corrected chi connectivity index (χ0v) is 13.1. The molecule has 1 fully saturated rings. The smallest absolute Gasteiger partial charge is 0.138 e. The van der Waals surface area contributed by atoms with Crippen molar-refractivity contribution in [2.45, 2.75) is 52.0 Å². The summed E-state index contributed by atoms with van der Waals surface area (Å²) < 4.78 is 0. The van der Waals surface area contributed by atoms with Crippen molar-refractivity contribution in [1.82, 2.24) is 14.9 Å². The molecule has 0 spiro atoms. The molecule has 1 aliphatic heterocycles. The van der Waals surface area contributed by atoms with E-state index in [9.17, 15) is 0 Å². The third-order valence-electron chi connectivity index (χ3n) is 3.72. The van der Waals surface area contributed by atoms with E-state index in [1.54, 1.807) is 0 Å². The highest BCUT2D eigenvalue weighted by atomic mass is 15.2. The molecule has 0 saturated carbocycles. The fraction of sp³-hybridized carbons (Fsp3) is 0.733. The molecular weight excluding hydrogens is 250 g/mol. The Labute approximate surface area is 122 Å². The van der Waals surface area contributed by atoms with Crippen LogP contribution in [-0.2, 0) is 5.41 Å². The molecule has 1 aromatic heterocycles. The standard InChI is InChI=1S/C15H27N5/c1-5-20-8-6-7-11(10-20)17-13-9-12(16)18-14(19-13)15(2,3)4/h9,11H,5-8,10H2,1-4H3,(H3,16,17,18,19). The molecule has 0 amide bonds. The van der Waals surface area contributed by atoms with E-state index < -0.39 is 0 Å². The number of likely N-dealkylation sites (N-methyl/N-ethyl adjacent to an activating group) is 1. The average Bonchev–Trinajstić information content (AvgIpc) is 2.37. The van der Waals surface area contributed by atoms with Gasteiger partial charge in [-0.05, 0) is 25.9 Å². The molecule has 0 bridgehead atoms. The number of nitrogens with two attached hydrogens (primary N) is 1. The van der Waals surface area contributed by atoms with Gasteiger partial charge in [-0.15, -0.1) is 0 Å². The Morgan fingerprint density at radius 2 is 2.15 bits per heavy atom. The number of piperidine rings is 1. The SMILES string of the molecule is CCN1CCCC(Nc2cc(N)nc(C(C)(C)C)n2)C1. The summed E-state index contributed by atoms with van der Waals surface area (Å²) in [5.41, 5.74) is 5.82. The first-order valence-corrected chi connectivity index (χ1v) is 7.52. The normalized spacial score (nSPS) is 20.9. The van der Waals surface area contributed by atoms with Gasteiger partial charge in [0.15, 0.2) is 0 Å². The van der Waals surface area contributed by atoms with Gasteiger partial charge in [0.2, 0.25) is 0 Å². The van der Waals surface area contributed by atoms with E-state index in [4.69, 9.17) is 5.73 Å². The second-order valence-electron chi connectivity index (χ2n) is 6.63. The highest BCUT2D eigenvalue weighted by molar-refractivity contribution is 5.46. The van der Waals surface area contributed by atoms with Crippen molar-refractivity contribution in [2.75, 3.05) is 30.7 Å². The van der Waals surface area contributed by atoms with Crippen LogP contribution in [0.25, 0.3) is 0 Å². The van der Waals surface area contributed by atoms with E-state index in [1.165, 1.54) is 19.4 Å². The van der Waals surface area contributed by atoms with Gasteiger partial charge >= 0.3 is 0 Å². The topological polar surface area (TPSA) is 67.1 Å². The van der Waals surface area contributed by atoms with E-state index in [0.29, 0.717) is 11.9 Å².